The van der Waals surface area contributed by atoms with Gasteiger partial charge in [-0.05, 0) is 37.7 Å². The third-order valence-electron chi connectivity index (χ3n) is 3.20. The molecule has 2 aromatic rings. The van der Waals surface area contributed by atoms with Gasteiger partial charge < -0.3 is 10.1 Å². The first-order valence-electron chi connectivity index (χ1n) is 6.23. The molecule has 19 heavy (non-hydrogen) atoms. The number of rotatable bonds is 4. The minimum Gasteiger partial charge on any atom is -0.496 e. The zero-order chi connectivity index (χ0) is 13.8. The molecule has 0 saturated carbocycles. The predicted molar refractivity (Wildman–Crippen MR) is 80.1 cm³/mol. The summed E-state index contributed by atoms with van der Waals surface area (Å²) in [6, 6.07) is 14.2. The lowest BCUT2D eigenvalue weighted by Crippen LogP contribution is -2.18. The lowest BCUT2D eigenvalue weighted by molar-refractivity contribution is 0.405. The van der Waals surface area contributed by atoms with Gasteiger partial charge in [-0.2, -0.15) is 0 Å². The Bertz CT molecular complexity index is 551. The molecule has 0 radical (unpaired) electrons. The van der Waals surface area contributed by atoms with Crippen molar-refractivity contribution in [2.75, 3.05) is 14.2 Å². The van der Waals surface area contributed by atoms with Crippen LogP contribution < -0.4 is 10.1 Å². The van der Waals surface area contributed by atoms with E-state index >= 15 is 0 Å². The molecule has 0 aliphatic carbocycles. The molecule has 0 amide bonds. The van der Waals surface area contributed by atoms with Gasteiger partial charge in [0.15, 0.2) is 0 Å². The second-order valence-corrected chi connectivity index (χ2v) is 4.96. The molecule has 0 spiro atoms. The topological polar surface area (TPSA) is 21.3 Å². The van der Waals surface area contributed by atoms with E-state index in [2.05, 4.69) is 36.5 Å². The summed E-state index contributed by atoms with van der Waals surface area (Å²) in [5.74, 6) is 0.837. The molecular weight excluding hydrogens is 258 g/mol. The van der Waals surface area contributed by atoms with Crippen LogP contribution in [-0.4, -0.2) is 14.2 Å². The first kappa shape index (κ1) is 13.9. The molecule has 0 aromatic heterocycles. The second-order valence-electron chi connectivity index (χ2n) is 4.52. The summed E-state index contributed by atoms with van der Waals surface area (Å²) in [5.41, 5.74) is 3.48. The minimum atomic E-state index is 0.0641. The molecule has 1 atom stereocenters. The standard InChI is InChI=1S/C16H18ClNO/c1-11-4-6-12(7-5-11)16(18-2)14-10-13(17)8-9-15(14)19-3/h4-10,16,18H,1-3H3. The van der Waals surface area contributed by atoms with Gasteiger partial charge in [-0.15, -0.1) is 0 Å². The van der Waals surface area contributed by atoms with Crippen LogP contribution in [-0.2, 0) is 0 Å². The van der Waals surface area contributed by atoms with Crippen molar-refractivity contribution in [3.8, 4) is 5.75 Å². The van der Waals surface area contributed by atoms with Crippen LogP contribution in [0.25, 0.3) is 0 Å². The van der Waals surface area contributed by atoms with Crippen molar-refractivity contribution in [2.45, 2.75) is 13.0 Å². The van der Waals surface area contributed by atoms with Gasteiger partial charge in [-0.25, -0.2) is 0 Å². The van der Waals surface area contributed by atoms with E-state index in [0.717, 1.165) is 11.3 Å². The van der Waals surface area contributed by atoms with E-state index in [1.54, 1.807) is 7.11 Å². The summed E-state index contributed by atoms with van der Waals surface area (Å²) in [5, 5.41) is 4.03. The summed E-state index contributed by atoms with van der Waals surface area (Å²) in [4.78, 5) is 0. The minimum absolute atomic E-state index is 0.0641. The van der Waals surface area contributed by atoms with Gasteiger partial charge in [0.05, 0.1) is 13.2 Å². The first-order valence-corrected chi connectivity index (χ1v) is 6.60. The molecule has 3 heteroatoms. The normalized spacial score (nSPS) is 12.2. The highest BCUT2D eigenvalue weighted by Gasteiger charge is 2.16. The molecule has 2 rings (SSSR count). The predicted octanol–water partition coefficient (Wildman–Crippen LogP) is 3.97. The number of nitrogens with one attached hydrogen (secondary N) is 1. The zero-order valence-electron chi connectivity index (χ0n) is 11.4. The van der Waals surface area contributed by atoms with Crippen LogP contribution >= 0.6 is 11.6 Å². The molecule has 100 valence electrons. The van der Waals surface area contributed by atoms with Crippen molar-refractivity contribution in [3.63, 3.8) is 0 Å². The van der Waals surface area contributed by atoms with Gasteiger partial charge in [-0.3, -0.25) is 0 Å². The number of hydrogen-bond acceptors (Lipinski definition) is 2. The van der Waals surface area contributed by atoms with E-state index in [4.69, 9.17) is 16.3 Å². The van der Waals surface area contributed by atoms with Gasteiger partial charge in [0, 0.05) is 10.6 Å². The molecule has 2 nitrogen and oxygen atoms in total. The van der Waals surface area contributed by atoms with Gasteiger partial charge in [0.25, 0.3) is 0 Å². The van der Waals surface area contributed by atoms with Crippen LogP contribution in [0.15, 0.2) is 42.5 Å². The average Bonchev–Trinajstić information content (AvgIpc) is 2.42. The van der Waals surface area contributed by atoms with E-state index in [0.29, 0.717) is 5.02 Å². The van der Waals surface area contributed by atoms with Gasteiger partial charge in [-0.1, -0.05) is 41.4 Å². The van der Waals surface area contributed by atoms with Crippen LogP contribution in [0.1, 0.15) is 22.7 Å². The van der Waals surface area contributed by atoms with Crippen molar-refractivity contribution in [2.24, 2.45) is 0 Å². The van der Waals surface area contributed by atoms with Crippen LogP contribution in [0.3, 0.4) is 0 Å². The fourth-order valence-corrected chi connectivity index (χ4v) is 2.37. The van der Waals surface area contributed by atoms with Crippen molar-refractivity contribution in [1.82, 2.24) is 5.32 Å². The number of benzene rings is 2. The Kier molecular flexibility index (Phi) is 4.46. The quantitative estimate of drug-likeness (QED) is 0.912. The van der Waals surface area contributed by atoms with Crippen molar-refractivity contribution < 1.29 is 4.74 Å². The molecule has 1 unspecified atom stereocenters. The Morgan fingerprint density at radius 1 is 1.11 bits per heavy atom. The Hall–Kier alpha value is -1.51. The highest BCUT2D eigenvalue weighted by atomic mass is 35.5. The Morgan fingerprint density at radius 2 is 1.79 bits per heavy atom. The van der Waals surface area contributed by atoms with Crippen LogP contribution in [0.4, 0.5) is 0 Å². The van der Waals surface area contributed by atoms with Gasteiger partial charge in [0.2, 0.25) is 0 Å². The number of halogens is 1. The first-order chi connectivity index (χ1) is 9.15. The monoisotopic (exact) mass is 275 g/mol. The zero-order valence-corrected chi connectivity index (χ0v) is 12.2. The van der Waals surface area contributed by atoms with Crippen molar-refractivity contribution >= 4 is 11.6 Å². The summed E-state index contributed by atoms with van der Waals surface area (Å²) in [7, 11) is 3.61. The van der Waals surface area contributed by atoms with E-state index in [-0.39, 0.29) is 6.04 Å². The highest BCUT2D eigenvalue weighted by molar-refractivity contribution is 6.30. The smallest absolute Gasteiger partial charge is 0.124 e. The molecule has 0 saturated heterocycles. The maximum absolute atomic E-state index is 6.10. The summed E-state index contributed by atoms with van der Waals surface area (Å²) in [6.07, 6.45) is 0. The Morgan fingerprint density at radius 3 is 2.37 bits per heavy atom. The number of methoxy groups -OCH3 is 1. The summed E-state index contributed by atoms with van der Waals surface area (Å²) >= 11 is 6.10. The van der Waals surface area contributed by atoms with E-state index in [1.165, 1.54) is 11.1 Å². The third-order valence-corrected chi connectivity index (χ3v) is 3.44. The average molecular weight is 276 g/mol. The number of aryl methyl sites for hydroxylation is 1. The van der Waals surface area contributed by atoms with Crippen molar-refractivity contribution in [3.05, 3.63) is 64.2 Å². The number of ether oxygens (including phenoxy) is 1. The third kappa shape index (κ3) is 3.09. The lowest BCUT2D eigenvalue weighted by Gasteiger charge is -2.20. The summed E-state index contributed by atoms with van der Waals surface area (Å²) < 4.78 is 5.43. The van der Waals surface area contributed by atoms with Crippen molar-refractivity contribution in [1.29, 1.82) is 0 Å². The van der Waals surface area contributed by atoms with Gasteiger partial charge >= 0.3 is 0 Å². The maximum Gasteiger partial charge on any atom is 0.124 e. The molecule has 1 N–H and O–H groups in total. The lowest BCUT2D eigenvalue weighted by atomic mass is 9.97. The molecule has 2 aromatic carbocycles. The highest BCUT2D eigenvalue weighted by Crippen LogP contribution is 2.32. The molecule has 0 bridgehead atoms. The van der Waals surface area contributed by atoms with Crippen LogP contribution in [0.2, 0.25) is 5.02 Å². The number of hydrogen-bond donors (Lipinski definition) is 1. The van der Waals surface area contributed by atoms with Gasteiger partial charge in [0.1, 0.15) is 5.75 Å². The molecule has 0 aliphatic heterocycles. The SMILES string of the molecule is CNC(c1ccc(C)cc1)c1cc(Cl)ccc1OC. The van der Waals surface area contributed by atoms with E-state index < -0.39 is 0 Å². The Balaban J connectivity index is 2.47. The summed E-state index contributed by atoms with van der Waals surface area (Å²) in [6.45, 7) is 2.08. The van der Waals surface area contributed by atoms with Crippen LogP contribution in [0, 0.1) is 6.92 Å². The second kappa shape index (κ2) is 6.09. The van der Waals surface area contributed by atoms with E-state index in [1.807, 2.05) is 25.2 Å². The largest absolute Gasteiger partial charge is 0.496 e. The molecule has 0 fully saturated rings. The molecule has 0 aliphatic rings. The van der Waals surface area contributed by atoms with Crippen LogP contribution in [0.5, 0.6) is 5.75 Å². The Labute approximate surface area is 119 Å². The fraction of sp³-hybridized carbons (Fsp3) is 0.250. The molecular formula is C16H18ClNO. The fourth-order valence-electron chi connectivity index (χ4n) is 2.19. The maximum atomic E-state index is 6.10. The van der Waals surface area contributed by atoms with E-state index in [9.17, 15) is 0 Å². The molecule has 0 heterocycles.